The fourth-order valence-electron chi connectivity index (χ4n) is 1.54. The lowest BCUT2D eigenvalue weighted by Crippen LogP contribution is -2.28. The van der Waals surface area contributed by atoms with Crippen LogP contribution in [0.1, 0.15) is 12.1 Å². The Morgan fingerprint density at radius 2 is 2.33 bits per heavy atom. The van der Waals surface area contributed by atoms with E-state index in [2.05, 4.69) is 15.6 Å². The number of amides is 1. The van der Waals surface area contributed by atoms with E-state index in [-0.39, 0.29) is 5.91 Å². The fraction of sp³-hybridized carbons (Fsp3) is 0.667. The molecule has 1 rings (SSSR count). The van der Waals surface area contributed by atoms with Gasteiger partial charge in [0.2, 0.25) is 5.91 Å². The highest BCUT2D eigenvalue weighted by Gasteiger charge is 2.03. The van der Waals surface area contributed by atoms with Crippen molar-refractivity contribution < 1.29 is 9.53 Å². The van der Waals surface area contributed by atoms with Crippen LogP contribution in [0.5, 0.6) is 0 Å². The van der Waals surface area contributed by atoms with Gasteiger partial charge in [0.1, 0.15) is 6.54 Å². The normalized spacial score (nSPS) is 10.6. The van der Waals surface area contributed by atoms with Crippen LogP contribution in [0.2, 0.25) is 0 Å². The summed E-state index contributed by atoms with van der Waals surface area (Å²) in [7, 11) is 3.56. The Labute approximate surface area is 108 Å². The molecule has 0 aliphatic carbocycles. The minimum Gasteiger partial charge on any atom is -0.385 e. The van der Waals surface area contributed by atoms with E-state index < -0.39 is 0 Å². The van der Waals surface area contributed by atoms with Crippen LogP contribution < -0.4 is 10.6 Å². The van der Waals surface area contributed by atoms with Gasteiger partial charge >= 0.3 is 0 Å². The number of nitrogens with one attached hydrogen (secondary N) is 2. The van der Waals surface area contributed by atoms with E-state index in [9.17, 15) is 4.79 Å². The summed E-state index contributed by atoms with van der Waals surface area (Å²) in [5.74, 6) is 0.00340. The predicted molar refractivity (Wildman–Crippen MR) is 69.4 cm³/mol. The maximum atomic E-state index is 11.6. The molecular formula is C12H22N4O2. The summed E-state index contributed by atoms with van der Waals surface area (Å²) in [4.78, 5) is 15.8. The Balaban J connectivity index is 2.24. The molecule has 0 aromatic carbocycles. The molecule has 0 spiro atoms. The van der Waals surface area contributed by atoms with Crippen LogP contribution in [0.4, 0.5) is 0 Å². The van der Waals surface area contributed by atoms with Crippen molar-refractivity contribution in [2.75, 3.05) is 33.9 Å². The Morgan fingerprint density at radius 1 is 1.50 bits per heavy atom. The molecule has 6 heteroatoms. The van der Waals surface area contributed by atoms with Gasteiger partial charge in [-0.25, -0.2) is 4.98 Å². The molecule has 0 aliphatic rings. The van der Waals surface area contributed by atoms with Crippen LogP contribution in [0.15, 0.2) is 12.5 Å². The highest BCUT2D eigenvalue weighted by molar-refractivity contribution is 5.75. The summed E-state index contributed by atoms with van der Waals surface area (Å²) in [5, 5.41) is 5.90. The van der Waals surface area contributed by atoms with Crippen molar-refractivity contribution in [2.24, 2.45) is 0 Å². The van der Waals surface area contributed by atoms with E-state index in [1.807, 2.05) is 13.2 Å². The van der Waals surface area contributed by atoms with E-state index in [4.69, 9.17) is 4.74 Å². The molecule has 1 heterocycles. The van der Waals surface area contributed by atoms with E-state index in [1.54, 1.807) is 18.0 Å². The largest absolute Gasteiger partial charge is 0.385 e. The molecule has 18 heavy (non-hydrogen) atoms. The predicted octanol–water partition coefficient (Wildman–Crippen LogP) is -0.202. The van der Waals surface area contributed by atoms with Crippen LogP contribution >= 0.6 is 0 Å². The lowest BCUT2D eigenvalue weighted by molar-refractivity contribution is -0.121. The summed E-state index contributed by atoms with van der Waals surface area (Å²) < 4.78 is 6.71. The highest BCUT2D eigenvalue weighted by Crippen LogP contribution is 1.96. The number of ether oxygens (including phenoxy) is 1. The topological polar surface area (TPSA) is 68.2 Å². The Morgan fingerprint density at radius 3 is 3.06 bits per heavy atom. The quantitative estimate of drug-likeness (QED) is 0.599. The van der Waals surface area contributed by atoms with Gasteiger partial charge < -0.3 is 19.9 Å². The zero-order chi connectivity index (χ0) is 13.2. The average molecular weight is 254 g/mol. The number of carbonyl (C=O) groups is 1. The molecule has 1 aromatic rings. The molecule has 0 saturated carbocycles. The van der Waals surface area contributed by atoms with Crippen LogP contribution in [0.3, 0.4) is 0 Å². The summed E-state index contributed by atoms with van der Waals surface area (Å²) in [5.41, 5.74) is 0.997. The third-order valence-corrected chi connectivity index (χ3v) is 2.49. The number of hydrogen-bond donors (Lipinski definition) is 2. The molecular weight excluding hydrogens is 232 g/mol. The minimum atomic E-state index is 0.00340. The molecule has 0 saturated heterocycles. The van der Waals surface area contributed by atoms with Crippen molar-refractivity contribution in [1.29, 1.82) is 0 Å². The van der Waals surface area contributed by atoms with Gasteiger partial charge in [-0.1, -0.05) is 0 Å². The second-order valence-corrected chi connectivity index (χ2v) is 4.09. The number of methoxy groups -OCH3 is 1. The van der Waals surface area contributed by atoms with Gasteiger partial charge in [0.15, 0.2) is 0 Å². The Bertz CT molecular complexity index is 352. The summed E-state index contributed by atoms with van der Waals surface area (Å²) in [6.07, 6.45) is 5.31. The molecule has 0 radical (unpaired) electrons. The SMILES string of the molecule is CNCCc1cn(CC(=O)NCCCOC)cn1. The van der Waals surface area contributed by atoms with Crippen molar-refractivity contribution in [3.63, 3.8) is 0 Å². The van der Waals surface area contributed by atoms with Crippen molar-refractivity contribution in [3.8, 4) is 0 Å². The third kappa shape index (κ3) is 5.79. The van der Waals surface area contributed by atoms with Gasteiger partial charge in [0, 0.05) is 39.4 Å². The second kappa shape index (κ2) is 8.66. The van der Waals surface area contributed by atoms with E-state index in [0.717, 1.165) is 25.1 Å². The van der Waals surface area contributed by atoms with Gasteiger partial charge in [-0.2, -0.15) is 0 Å². The number of hydrogen-bond acceptors (Lipinski definition) is 4. The summed E-state index contributed by atoms with van der Waals surface area (Å²) in [6.45, 7) is 2.52. The van der Waals surface area contributed by atoms with E-state index in [1.165, 1.54) is 0 Å². The number of aromatic nitrogens is 2. The lowest BCUT2D eigenvalue weighted by Gasteiger charge is -2.05. The zero-order valence-electron chi connectivity index (χ0n) is 11.1. The first-order valence-corrected chi connectivity index (χ1v) is 6.17. The smallest absolute Gasteiger partial charge is 0.239 e. The monoisotopic (exact) mass is 254 g/mol. The molecule has 6 nitrogen and oxygen atoms in total. The van der Waals surface area contributed by atoms with Gasteiger partial charge in [-0.15, -0.1) is 0 Å². The van der Waals surface area contributed by atoms with Crippen molar-refractivity contribution >= 4 is 5.91 Å². The first kappa shape index (κ1) is 14.7. The summed E-state index contributed by atoms with van der Waals surface area (Å²) >= 11 is 0. The molecule has 1 amide bonds. The number of nitrogens with zero attached hydrogens (tertiary/aromatic N) is 2. The van der Waals surface area contributed by atoms with E-state index >= 15 is 0 Å². The number of likely N-dealkylation sites (N-methyl/N-ethyl adjacent to an activating group) is 1. The van der Waals surface area contributed by atoms with Crippen LogP contribution in [-0.2, 0) is 22.5 Å². The Kier molecular flexibility index (Phi) is 7.05. The standard InChI is InChI=1S/C12H22N4O2/c1-13-6-4-11-8-16(10-15-11)9-12(17)14-5-3-7-18-2/h8,10,13H,3-7,9H2,1-2H3,(H,14,17). The highest BCUT2D eigenvalue weighted by atomic mass is 16.5. The first-order chi connectivity index (χ1) is 8.76. The first-order valence-electron chi connectivity index (χ1n) is 6.17. The second-order valence-electron chi connectivity index (χ2n) is 4.09. The summed E-state index contributed by atoms with van der Waals surface area (Å²) in [6, 6.07) is 0. The number of rotatable bonds is 9. The van der Waals surface area contributed by atoms with Crippen molar-refractivity contribution in [1.82, 2.24) is 20.2 Å². The molecule has 0 unspecified atom stereocenters. The minimum absolute atomic E-state index is 0.00340. The maximum absolute atomic E-state index is 11.6. The Hall–Kier alpha value is -1.40. The van der Waals surface area contributed by atoms with Crippen molar-refractivity contribution in [3.05, 3.63) is 18.2 Å². The number of imidazole rings is 1. The average Bonchev–Trinajstić information content (AvgIpc) is 2.80. The maximum Gasteiger partial charge on any atom is 0.239 e. The molecule has 0 fully saturated rings. The van der Waals surface area contributed by atoms with Gasteiger partial charge in [0.05, 0.1) is 12.0 Å². The third-order valence-electron chi connectivity index (χ3n) is 2.49. The molecule has 0 atom stereocenters. The molecule has 0 aliphatic heterocycles. The molecule has 102 valence electrons. The molecule has 2 N–H and O–H groups in total. The zero-order valence-corrected chi connectivity index (χ0v) is 11.1. The van der Waals surface area contributed by atoms with Crippen molar-refractivity contribution in [2.45, 2.75) is 19.4 Å². The van der Waals surface area contributed by atoms with Crippen LogP contribution in [-0.4, -0.2) is 49.3 Å². The van der Waals surface area contributed by atoms with Crippen LogP contribution in [0, 0.1) is 0 Å². The van der Waals surface area contributed by atoms with Crippen LogP contribution in [0.25, 0.3) is 0 Å². The fourth-order valence-corrected chi connectivity index (χ4v) is 1.54. The van der Waals surface area contributed by atoms with Gasteiger partial charge in [-0.3, -0.25) is 4.79 Å². The lowest BCUT2D eigenvalue weighted by atomic mass is 10.3. The van der Waals surface area contributed by atoms with Gasteiger partial charge in [0.25, 0.3) is 0 Å². The van der Waals surface area contributed by atoms with Gasteiger partial charge in [-0.05, 0) is 13.5 Å². The molecule has 0 bridgehead atoms. The molecule has 1 aromatic heterocycles. The van der Waals surface area contributed by atoms with E-state index in [0.29, 0.717) is 19.7 Å². The number of carbonyl (C=O) groups excluding carboxylic acids is 1.